The lowest BCUT2D eigenvalue weighted by Crippen LogP contribution is -2.48. The highest BCUT2D eigenvalue weighted by Gasteiger charge is 2.21. The fraction of sp³-hybridized carbons (Fsp3) is 0.346. The van der Waals surface area contributed by atoms with E-state index in [2.05, 4.69) is 27.7 Å². The second-order valence-electron chi connectivity index (χ2n) is 8.26. The predicted molar refractivity (Wildman–Crippen MR) is 133 cm³/mol. The number of hydrogen-bond acceptors (Lipinski definition) is 6. The zero-order valence-corrected chi connectivity index (χ0v) is 20.0. The monoisotopic (exact) mass is 478 g/mol. The van der Waals surface area contributed by atoms with Gasteiger partial charge in [-0.25, -0.2) is 9.78 Å². The van der Waals surface area contributed by atoms with Gasteiger partial charge in [0.2, 0.25) is 5.91 Å². The van der Waals surface area contributed by atoms with Crippen LogP contribution in [-0.4, -0.2) is 59.5 Å². The summed E-state index contributed by atoms with van der Waals surface area (Å²) < 4.78 is 5.18. The fourth-order valence-corrected chi connectivity index (χ4v) is 4.66. The average molecular weight is 479 g/mol. The van der Waals surface area contributed by atoms with Crippen LogP contribution in [0.15, 0.2) is 66.0 Å². The lowest BCUT2D eigenvalue weighted by atomic mass is 10.2. The van der Waals surface area contributed by atoms with Crippen LogP contribution in [0.25, 0.3) is 10.6 Å². The molecule has 8 heteroatoms. The minimum Gasteiger partial charge on any atom is -0.445 e. The molecule has 2 heterocycles. The number of nitrogens with one attached hydrogen (secondary N) is 1. The molecule has 1 aromatic heterocycles. The topological polar surface area (TPSA) is 74.8 Å². The molecule has 0 spiro atoms. The maximum atomic E-state index is 12.5. The largest absolute Gasteiger partial charge is 0.445 e. The number of hydrogen-bond donors (Lipinski definition) is 1. The van der Waals surface area contributed by atoms with Crippen molar-refractivity contribution in [3.8, 4) is 10.6 Å². The van der Waals surface area contributed by atoms with Crippen LogP contribution in [0.5, 0.6) is 0 Å². The predicted octanol–water partition coefficient (Wildman–Crippen LogP) is 4.16. The number of rotatable bonds is 9. The van der Waals surface area contributed by atoms with Gasteiger partial charge >= 0.3 is 6.09 Å². The Morgan fingerprint density at radius 2 is 1.68 bits per heavy atom. The van der Waals surface area contributed by atoms with E-state index in [-0.39, 0.29) is 12.5 Å². The molecule has 7 nitrogen and oxygen atoms in total. The van der Waals surface area contributed by atoms with Gasteiger partial charge in [0.1, 0.15) is 11.6 Å². The number of ether oxygens (including phenoxy) is 1. The van der Waals surface area contributed by atoms with Crippen LogP contribution in [0.1, 0.15) is 24.1 Å². The third kappa shape index (κ3) is 7.13. The van der Waals surface area contributed by atoms with Crippen molar-refractivity contribution in [2.24, 2.45) is 0 Å². The van der Waals surface area contributed by atoms with Gasteiger partial charge in [0, 0.05) is 56.6 Å². The second kappa shape index (κ2) is 12.3. The van der Waals surface area contributed by atoms with Crippen molar-refractivity contribution in [3.05, 3.63) is 77.3 Å². The summed E-state index contributed by atoms with van der Waals surface area (Å²) in [6, 6.07) is 19.8. The molecule has 0 aliphatic carbocycles. The third-order valence-electron chi connectivity index (χ3n) is 5.73. The fourth-order valence-electron chi connectivity index (χ4n) is 3.84. The van der Waals surface area contributed by atoms with Crippen molar-refractivity contribution in [1.82, 2.24) is 20.1 Å². The molecule has 0 radical (unpaired) electrons. The van der Waals surface area contributed by atoms with Gasteiger partial charge in [-0.15, -0.1) is 11.3 Å². The first-order valence-corrected chi connectivity index (χ1v) is 12.5. The Bertz CT molecular complexity index is 1050. The van der Waals surface area contributed by atoms with Crippen molar-refractivity contribution in [1.29, 1.82) is 0 Å². The highest BCUT2D eigenvalue weighted by Crippen LogP contribution is 2.24. The van der Waals surface area contributed by atoms with Crippen molar-refractivity contribution < 1.29 is 14.3 Å². The Balaban J connectivity index is 1.10. The summed E-state index contributed by atoms with van der Waals surface area (Å²) >= 11 is 1.67. The first kappa shape index (κ1) is 23.9. The van der Waals surface area contributed by atoms with Crippen LogP contribution in [0.3, 0.4) is 0 Å². The molecule has 34 heavy (non-hydrogen) atoms. The Morgan fingerprint density at radius 3 is 2.41 bits per heavy atom. The maximum Gasteiger partial charge on any atom is 0.407 e. The molecular weight excluding hydrogens is 448 g/mol. The van der Waals surface area contributed by atoms with E-state index in [0.717, 1.165) is 54.6 Å². The summed E-state index contributed by atoms with van der Waals surface area (Å²) in [4.78, 5) is 33.4. The lowest BCUT2D eigenvalue weighted by molar-refractivity contribution is -0.133. The van der Waals surface area contributed by atoms with E-state index < -0.39 is 6.09 Å². The summed E-state index contributed by atoms with van der Waals surface area (Å²) in [5.41, 5.74) is 3.17. The quantitative estimate of drug-likeness (QED) is 0.468. The molecule has 3 aromatic rings. The van der Waals surface area contributed by atoms with Gasteiger partial charge in [-0.05, 0) is 12.0 Å². The van der Waals surface area contributed by atoms with E-state index in [0.29, 0.717) is 19.4 Å². The lowest BCUT2D eigenvalue weighted by Gasteiger charge is -2.34. The number of nitrogens with zero attached hydrogens (tertiary/aromatic N) is 3. The minimum atomic E-state index is -0.456. The minimum absolute atomic E-state index is 0.138. The van der Waals surface area contributed by atoms with Crippen LogP contribution >= 0.6 is 11.3 Å². The molecule has 2 aromatic carbocycles. The number of amides is 2. The van der Waals surface area contributed by atoms with Gasteiger partial charge in [-0.3, -0.25) is 9.69 Å². The normalized spacial score (nSPS) is 14.1. The smallest absolute Gasteiger partial charge is 0.407 e. The van der Waals surface area contributed by atoms with Gasteiger partial charge in [-0.2, -0.15) is 0 Å². The van der Waals surface area contributed by atoms with E-state index >= 15 is 0 Å². The van der Waals surface area contributed by atoms with E-state index in [1.807, 2.05) is 53.4 Å². The number of alkyl carbamates (subject to hydrolysis) is 1. The highest BCUT2D eigenvalue weighted by molar-refractivity contribution is 7.13. The van der Waals surface area contributed by atoms with E-state index in [1.54, 1.807) is 11.3 Å². The first-order chi connectivity index (χ1) is 16.7. The van der Waals surface area contributed by atoms with Crippen molar-refractivity contribution >= 4 is 23.3 Å². The van der Waals surface area contributed by atoms with Crippen molar-refractivity contribution in [2.45, 2.75) is 26.0 Å². The molecule has 4 rings (SSSR count). The molecule has 1 aliphatic rings. The number of piperazine rings is 1. The highest BCUT2D eigenvalue weighted by atomic mass is 32.1. The number of carbonyl (C=O) groups is 2. The zero-order chi connectivity index (χ0) is 23.6. The average Bonchev–Trinajstić information content (AvgIpc) is 3.35. The summed E-state index contributed by atoms with van der Waals surface area (Å²) in [5, 5.41) is 5.88. The summed E-state index contributed by atoms with van der Waals surface area (Å²) in [7, 11) is 0. The van der Waals surface area contributed by atoms with Gasteiger partial charge in [-0.1, -0.05) is 60.7 Å². The Morgan fingerprint density at radius 1 is 0.971 bits per heavy atom. The maximum absolute atomic E-state index is 12.5. The Labute approximate surface area is 204 Å². The molecular formula is C26H30N4O3S. The van der Waals surface area contributed by atoms with Crippen LogP contribution < -0.4 is 5.32 Å². The molecule has 0 bridgehead atoms. The molecule has 0 saturated carbocycles. The second-order valence-corrected chi connectivity index (χ2v) is 9.12. The first-order valence-electron chi connectivity index (χ1n) is 11.6. The molecule has 0 atom stereocenters. The molecule has 1 fully saturated rings. The van der Waals surface area contributed by atoms with Crippen LogP contribution in [0, 0.1) is 0 Å². The van der Waals surface area contributed by atoms with Gasteiger partial charge in [0.25, 0.3) is 0 Å². The Hall–Kier alpha value is -3.23. The van der Waals surface area contributed by atoms with Crippen molar-refractivity contribution in [3.63, 3.8) is 0 Å². The third-order valence-corrected chi connectivity index (χ3v) is 6.67. The number of thiazole rings is 1. The summed E-state index contributed by atoms with van der Waals surface area (Å²) in [5.74, 6) is 0.138. The zero-order valence-electron chi connectivity index (χ0n) is 19.2. The Kier molecular flexibility index (Phi) is 8.65. The SMILES string of the molecule is O=C(NCCCC(=O)N1CCN(Cc2csc(-c3ccccc3)n2)CC1)OCc1ccccc1. The number of carbonyl (C=O) groups excluding carboxylic acids is 2. The molecule has 1 aliphatic heterocycles. The summed E-state index contributed by atoms with van der Waals surface area (Å²) in [6.07, 6.45) is 0.564. The molecule has 178 valence electrons. The number of benzene rings is 2. The standard InChI is InChI=1S/C26H30N4O3S/c31-24(12-7-13-27-26(32)33-19-21-8-3-1-4-9-21)30-16-14-29(15-17-30)18-23-20-34-25(28-23)22-10-5-2-6-11-22/h1-6,8-11,20H,7,12-19H2,(H,27,32). The van der Waals surface area contributed by atoms with E-state index in [9.17, 15) is 9.59 Å². The van der Waals surface area contributed by atoms with Gasteiger partial charge in [0.05, 0.1) is 5.69 Å². The van der Waals surface area contributed by atoms with E-state index in [1.165, 1.54) is 0 Å². The molecule has 1 N–H and O–H groups in total. The van der Waals surface area contributed by atoms with Crippen LogP contribution in [-0.2, 0) is 22.7 Å². The van der Waals surface area contributed by atoms with Crippen LogP contribution in [0.2, 0.25) is 0 Å². The molecule has 0 unspecified atom stereocenters. The van der Waals surface area contributed by atoms with Gasteiger partial charge < -0.3 is 15.0 Å². The summed E-state index contributed by atoms with van der Waals surface area (Å²) in [6.45, 7) is 4.60. The van der Waals surface area contributed by atoms with E-state index in [4.69, 9.17) is 9.72 Å². The molecule has 1 saturated heterocycles. The van der Waals surface area contributed by atoms with Gasteiger partial charge in [0.15, 0.2) is 0 Å². The molecule has 2 amide bonds. The van der Waals surface area contributed by atoms with Crippen LogP contribution in [0.4, 0.5) is 4.79 Å². The van der Waals surface area contributed by atoms with Crippen molar-refractivity contribution in [2.75, 3.05) is 32.7 Å². The number of aromatic nitrogens is 1.